The molecule has 2 aliphatic rings. The first-order valence-corrected chi connectivity index (χ1v) is 7.41. The molecule has 0 unspecified atom stereocenters. The molecule has 17 heavy (non-hydrogen) atoms. The maximum Gasteiger partial charge on any atom is 0.0113 e. The van der Waals surface area contributed by atoms with E-state index in [-0.39, 0.29) is 0 Å². The van der Waals surface area contributed by atoms with Crippen molar-refractivity contribution in [1.29, 1.82) is 0 Å². The molecule has 2 rings (SSSR count). The molecule has 0 saturated carbocycles. The Morgan fingerprint density at radius 1 is 1.18 bits per heavy atom. The Morgan fingerprint density at radius 3 is 2.53 bits per heavy atom. The van der Waals surface area contributed by atoms with Crippen LogP contribution < -0.4 is 0 Å². The zero-order valence-corrected chi connectivity index (χ0v) is 11.6. The highest BCUT2D eigenvalue weighted by atomic mass is 15.3. The van der Waals surface area contributed by atoms with E-state index in [1.54, 1.807) is 0 Å². The van der Waals surface area contributed by atoms with E-state index in [1.165, 1.54) is 58.4 Å². The molecule has 2 heteroatoms. The number of piperazine rings is 1. The first kappa shape index (κ1) is 13.1. The van der Waals surface area contributed by atoms with Crippen LogP contribution in [0.1, 0.15) is 39.5 Å². The number of hydrogen-bond donors (Lipinski definition) is 0. The monoisotopic (exact) mass is 236 g/mol. The molecule has 0 radical (unpaired) electrons. The Labute approximate surface area is 107 Å². The molecule has 0 amide bonds. The smallest absolute Gasteiger partial charge is 0.0113 e. The molecule has 0 N–H and O–H groups in total. The van der Waals surface area contributed by atoms with Crippen molar-refractivity contribution >= 4 is 0 Å². The summed E-state index contributed by atoms with van der Waals surface area (Å²) in [5, 5.41) is 0. The molecule has 1 saturated heterocycles. The summed E-state index contributed by atoms with van der Waals surface area (Å²) in [7, 11) is 0. The molecule has 0 aromatic heterocycles. The third kappa shape index (κ3) is 3.82. The zero-order valence-electron chi connectivity index (χ0n) is 11.6. The molecule has 1 fully saturated rings. The number of allylic oxidation sites excluding steroid dienone is 2. The van der Waals surface area contributed by atoms with Crippen molar-refractivity contribution in [2.45, 2.75) is 45.6 Å². The van der Waals surface area contributed by atoms with Gasteiger partial charge in [-0.05, 0) is 38.5 Å². The lowest BCUT2D eigenvalue weighted by molar-refractivity contribution is 0.0887. The lowest BCUT2D eigenvalue weighted by atomic mass is 9.94. The van der Waals surface area contributed by atoms with E-state index in [2.05, 4.69) is 35.8 Å². The Bertz CT molecular complexity index is 241. The first-order valence-electron chi connectivity index (χ1n) is 7.41. The van der Waals surface area contributed by atoms with E-state index in [0.29, 0.717) is 0 Å². The molecule has 2 nitrogen and oxygen atoms in total. The molecule has 1 aliphatic carbocycles. The van der Waals surface area contributed by atoms with Crippen molar-refractivity contribution in [3.05, 3.63) is 12.2 Å². The Hall–Kier alpha value is -0.340. The Morgan fingerprint density at radius 2 is 1.94 bits per heavy atom. The van der Waals surface area contributed by atoms with Crippen molar-refractivity contribution in [2.24, 2.45) is 5.92 Å². The van der Waals surface area contributed by atoms with Gasteiger partial charge < -0.3 is 4.90 Å². The number of hydrogen-bond acceptors (Lipinski definition) is 2. The maximum atomic E-state index is 2.68. The third-order valence-corrected chi connectivity index (χ3v) is 4.52. The van der Waals surface area contributed by atoms with Crippen LogP contribution in [-0.4, -0.2) is 48.6 Å². The molecule has 98 valence electrons. The highest BCUT2D eigenvalue weighted by molar-refractivity contribution is 4.91. The molecule has 0 aromatic rings. The molecule has 1 heterocycles. The van der Waals surface area contributed by atoms with Gasteiger partial charge in [-0.2, -0.15) is 0 Å². The minimum Gasteiger partial charge on any atom is -0.301 e. The normalized spacial score (nSPS) is 29.4. The van der Waals surface area contributed by atoms with Gasteiger partial charge in [0.25, 0.3) is 0 Å². The van der Waals surface area contributed by atoms with Crippen molar-refractivity contribution in [3.8, 4) is 0 Å². The Balaban J connectivity index is 1.70. The Kier molecular flexibility index (Phi) is 5.05. The van der Waals surface area contributed by atoms with Crippen molar-refractivity contribution in [2.75, 3.05) is 32.7 Å². The molecule has 0 aromatic carbocycles. The summed E-state index contributed by atoms with van der Waals surface area (Å²) in [5.41, 5.74) is 0. The molecule has 1 aliphatic heterocycles. The lowest BCUT2D eigenvalue weighted by Gasteiger charge is -2.39. The molecule has 0 bridgehead atoms. The summed E-state index contributed by atoms with van der Waals surface area (Å²) < 4.78 is 0. The van der Waals surface area contributed by atoms with Gasteiger partial charge in [-0.3, -0.25) is 4.90 Å². The van der Waals surface area contributed by atoms with Crippen LogP contribution in [0, 0.1) is 5.92 Å². The van der Waals surface area contributed by atoms with Crippen LogP contribution in [0.15, 0.2) is 12.2 Å². The average molecular weight is 236 g/mol. The van der Waals surface area contributed by atoms with Crippen molar-refractivity contribution in [1.82, 2.24) is 9.80 Å². The number of nitrogens with zero attached hydrogens (tertiary/aromatic N) is 2. The summed E-state index contributed by atoms with van der Waals surface area (Å²) in [6.45, 7) is 11.1. The second kappa shape index (κ2) is 6.55. The van der Waals surface area contributed by atoms with Gasteiger partial charge in [0, 0.05) is 38.8 Å². The fraction of sp³-hybridized carbons (Fsp3) is 0.867. The van der Waals surface area contributed by atoms with Crippen LogP contribution in [0.4, 0.5) is 0 Å². The van der Waals surface area contributed by atoms with Crippen molar-refractivity contribution in [3.63, 3.8) is 0 Å². The van der Waals surface area contributed by atoms with Gasteiger partial charge in [-0.25, -0.2) is 0 Å². The topological polar surface area (TPSA) is 6.48 Å². The quantitative estimate of drug-likeness (QED) is 0.693. The summed E-state index contributed by atoms with van der Waals surface area (Å²) in [6, 6.07) is 0.773. The van der Waals surface area contributed by atoms with Gasteiger partial charge in [0.2, 0.25) is 0 Å². The van der Waals surface area contributed by atoms with Crippen molar-refractivity contribution < 1.29 is 0 Å². The minimum absolute atomic E-state index is 0.773. The highest BCUT2D eigenvalue weighted by Gasteiger charge is 2.22. The maximum absolute atomic E-state index is 2.68. The van der Waals surface area contributed by atoms with Crippen LogP contribution in [0.2, 0.25) is 0 Å². The SMILES string of the molecule is CC[C@H](C)N1CCN(C[C@H]2CC=CCC2)CC1. The van der Waals surface area contributed by atoms with Gasteiger partial charge in [-0.1, -0.05) is 19.1 Å². The number of rotatable bonds is 4. The van der Waals surface area contributed by atoms with Gasteiger partial charge in [-0.15, -0.1) is 0 Å². The second-order valence-electron chi connectivity index (χ2n) is 5.74. The van der Waals surface area contributed by atoms with E-state index >= 15 is 0 Å². The molecule has 0 spiro atoms. The van der Waals surface area contributed by atoms with Crippen LogP contribution >= 0.6 is 0 Å². The largest absolute Gasteiger partial charge is 0.301 e. The van der Waals surface area contributed by atoms with E-state index in [9.17, 15) is 0 Å². The predicted molar refractivity (Wildman–Crippen MR) is 74.2 cm³/mol. The van der Waals surface area contributed by atoms with Crippen LogP contribution in [0.3, 0.4) is 0 Å². The standard InChI is InChI=1S/C15H28N2/c1-3-14(2)17-11-9-16(10-12-17)13-15-7-5-4-6-8-15/h4-5,14-15H,3,6-13H2,1-2H3/t14-,15-/m0/s1. The zero-order chi connectivity index (χ0) is 12.1. The van der Waals surface area contributed by atoms with Gasteiger partial charge in [0.1, 0.15) is 0 Å². The van der Waals surface area contributed by atoms with E-state index in [4.69, 9.17) is 0 Å². The highest BCUT2D eigenvalue weighted by Crippen LogP contribution is 2.20. The van der Waals surface area contributed by atoms with Gasteiger partial charge in [0.15, 0.2) is 0 Å². The average Bonchev–Trinajstić information content (AvgIpc) is 2.40. The van der Waals surface area contributed by atoms with E-state index in [1.807, 2.05) is 0 Å². The first-order chi connectivity index (χ1) is 8.29. The van der Waals surface area contributed by atoms with Gasteiger partial charge >= 0.3 is 0 Å². The van der Waals surface area contributed by atoms with Gasteiger partial charge in [0.05, 0.1) is 0 Å². The summed E-state index contributed by atoms with van der Waals surface area (Å²) in [4.78, 5) is 5.33. The van der Waals surface area contributed by atoms with E-state index in [0.717, 1.165) is 12.0 Å². The fourth-order valence-corrected chi connectivity index (χ4v) is 3.03. The predicted octanol–water partition coefficient (Wildman–Crippen LogP) is 2.76. The fourth-order valence-electron chi connectivity index (χ4n) is 3.03. The van der Waals surface area contributed by atoms with Crippen LogP contribution in [-0.2, 0) is 0 Å². The minimum atomic E-state index is 0.773. The van der Waals surface area contributed by atoms with Crippen LogP contribution in [0.5, 0.6) is 0 Å². The van der Waals surface area contributed by atoms with Crippen LogP contribution in [0.25, 0.3) is 0 Å². The molecular weight excluding hydrogens is 208 g/mol. The van der Waals surface area contributed by atoms with E-state index < -0.39 is 0 Å². The molecule has 2 atom stereocenters. The molecular formula is C15H28N2. The summed E-state index contributed by atoms with van der Waals surface area (Å²) >= 11 is 0. The summed E-state index contributed by atoms with van der Waals surface area (Å²) in [6.07, 6.45) is 10.0. The lowest BCUT2D eigenvalue weighted by Crippen LogP contribution is -2.50. The second-order valence-corrected chi connectivity index (χ2v) is 5.74. The third-order valence-electron chi connectivity index (χ3n) is 4.52. The summed E-state index contributed by atoms with van der Waals surface area (Å²) in [5.74, 6) is 0.926.